The van der Waals surface area contributed by atoms with Crippen molar-refractivity contribution < 1.29 is 14.3 Å². The minimum Gasteiger partial charge on any atom is -0.463 e. The van der Waals surface area contributed by atoms with Gasteiger partial charge in [-0.05, 0) is 55.4 Å². The third kappa shape index (κ3) is 2.66. The number of thioether (sulfide) groups is 1. The van der Waals surface area contributed by atoms with Gasteiger partial charge < -0.3 is 14.3 Å². The maximum atomic E-state index is 10.7. The van der Waals surface area contributed by atoms with Crippen molar-refractivity contribution in [2.45, 2.75) is 50.2 Å². The SMILES string of the molecule is CC1CC1c1ccc(C(O)C2CCOC3(CCSC3)C2)o1. The highest BCUT2D eigenvalue weighted by molar-refractivity contribution is 7.99. The van der Waals surface area contributed by atoms with Gasteiger partial charge in [0.05, 0.1) is 5.60 Å². The van der Waals surface area contributed by atoms with E-state index in [1.54, 1.807) is 0 Å². The van der Waals surface area contributed by atoms with Crippen molar-refractivity contribution in [3.05, 3.63) is 23.7 Å². The van der Waals surface area contributed by atoms with Crippen LogP contribution in [0.4, 0.5) is 0 Å². The first-order valence-electron chi connectivity index (χ1n) is 8.16. The van der Waals surface area contributed by atoms with E-state index < -0.39 is 6.10 Å². The maximum absolute atomic E-state index is 10.7. The quantitative estimate of drug-likeness (QED) is 0.923. The van der Waals surface area contributed by atoms with Gasteiger partial charge in [0.1, 0.15) is 17.6 Å². The monoisotopic (exact) mass is 308 g/mol. The molecule has 2 aliphatic heterocycles. The third-order valence-electron chi connectivity index (χ3n) is 5.46. The Kier molecular flexibility index (Phi) is 3.59. The lowest BCUT2D eigenvalue weighted by Gasteiger charge is -2.39. The predicted octanol–water partition coefficient (Wildman–Crippen LogP) is 3.74. The molecule has 3 fully saturated rings. The number of rotatable bonds is 3. The molecule has 4 rings (SSSR count). The van der Waals surface area contributed by atoms with Crippen LogP contribution in [0.3, 0.4) is 0 Å². The summed E-state index contributed by atoms with van der Waals surface area (Å²) < 4.78 is 12.0. The van der Waals surface area contributed by atoms with Crippen molar-refractivity contribution in [1.29, 1.82) is 0 Å². The van der Waals surface area contributed by atoms with Gasteiger partial charge in [-0.1, -0.05) is 6.92 Å². The number of hydrogen-bond acceptors (Lipinski definition) is 4. The molecule has 0 radical (unpaired) electrons. The second-order valence-corrected chi connectivity index (χ2v) is 8.20. The topological polar surface area (TPSA) is 42.6 Å². The summed E-state index contributed by atoms with van der Waals surface area (Å²) in [5.74, 6) is 5.69. The van der Waals surface area contributed by atoms with Gasteiger partial charge >= 0.3 is 0 Å². The van der Waals surface area contributed by atoms with Gasteiger partial charge in [-0.15, -0.1) is 0 Å². The molecule has 3 aliphatic rings. The van der Waals surface area contributed by atoms with E-state index in [0.717, 1.165) is 49.1 Å². The Balaban J connectivity index is 1.46. The van der Waals surface area contributed by atoms with Gasteiger partial charge in [0.2, 0.25) is 0 Å². The van der Waals surface area contributed by atoms with Crippen LogP contribution in [0.1, 0.15) is 56.1 Å². The first-order valence-corrected chi connectivity index (χ1v) is 9.32. The summed E-state index contributed by atoms with van der Waals surface area (Å²) in [4.78, 5) is 0. The molecule has 1 aromatic heterocycles. The molecule has 0 aromatic carbocycles. The van der Waals surface area contributed by atoms with Crippen LogP contribution in [0.5, 0.6) is 0 Å². The Morgan fingerprint density at radius 3 is 3.00 bits per heavy atom. The highest BCUT2D eigenvalue weighted by Crippen LogP contribution is 2.49. The van der Waals surface area contributed by atoms with Crippen LogP contribution in [-0.4, -0.2) is 28.8 Å². The van der Waals surface area contributed by atoms with Crippen molar-refractivity contribution in [1.82, 2.24) is 0 Å². The van der Waals surface area contributed by atoms with E-state index in [1.807, 2.05) is 17.8 Å². The first kappa shape index (κ1) is 14.2. The smallest absolute Gasteiger partial charge is 0.132 e. The van der Waals surface area contributed by atoms with E-state index in [0.29, 0.717) is 5.92 Å². The molecule has 0 amide bonds. The summed E-state index contributed by atoms with van der Waals surface area (Å²) >= 11 is 1.98. The number of aliphatic hydroxyl groups is 1. The standard InChI is InChI=1S/C17H24O3S/c1-11-8-13(11)14-2-3-15(20-14)16(18)12-4-6-19-17(9-12)5-7-21-10-17/h2-3,11-13,16,18H,4-10H2,1H3. The van der Waals surface area contributed by atoms with Crippen molar-refractivity contribution in [2.24, 2.45) is 11.8 Å². The molecule has 1 spiro atoms. The Morgan fingerprint density at radius 1 is 1.43 bits per heavy atom. The molecule has 1 N–H and O–H groups in total. The molecule has 21 heavy (non-hydrogen) atoms. The van der Waals surface area contributed by atoms with Crippen LogP contribution in [0.25, 0.3) is 0 Å². The Labute approximate surface area is 130 Å². The molecule has 3 nitrogen and oxygen atoms in total. The van der Waals surface area contributed by atoms with Crippen molar-refractivity contribution in [3.8, 4) is 0 Å². The average molecular weight is 308 g/mol. The molecular weight excluding hydrogens is 284 g/mol. The number of hydrogen-bond donors (Lipinski definition) is 1. The Bertz CT molecular complexity index is 506. The zero-order chi connectivity index (χ0) is 14.4. The first-order chi connectivity index (χ1) is 10.2. The molecule has 1 aliphatic carbocycles. The lowest BCUT2D eigenvalue weighted by atomic mass is 9.81. The van der Waals surface area contributed by atoms with Gasteiger partial charge in [-0.2, -0.15) is 11.8 Å². The fourth-order valence-corrected chi connectivity index (χ4v) is 5.25. The minimum absolute atomic E-state index is 0.0228. The van der Waals surface area contributed by atoms with Crippen LogP contribution < -0.4 is 0 Å². The summed E-state index contributed by atoms with van der Waals surface area (Å²) in [6.07, 6.45) is 3.78. The average Bonchev–Trinajstić information content (AvgIpc) is 2.93. The third-order valence-corrected chi connectivity index (χ3v) is 6.68. The fourth-order valence-electron chi connectivity index (χ4n) is 3.88. The zero-order valence-corrected chi connectivity index (χ0v) is 13.4. The van der Waals surface area contributed by atoms with Crippen LogP contribution in [0, 0.1) is 11.8 Å². The van der Waals surface area contributed by atoms with E-state index in [4.69, 9.17) is 9.15 Å². The zero-order valence-electron chi connectivity index (χ0n) is 12.6. The van der Waals surface area contributed by atoms with E-state index in [-0.39, 0.29) is 11.5 Å². The molecule has 4 heteroatoms. The van der Waals surface area contributed by atoms with Crippen LogP contribution in [0.15, 0.2) is 16.5 Å². The summed E-state index contributed by atoms with van der Waals surface area (Å²) in [7, 11) is 0. The molecule has 5 unspecified atom stereocenters. The van der Waals surface area contributed by atoms with Gasteiger partial charge in [-0.25, -0.2) is 0 Å². The highest BCUT2D eigenvalue weighted by Gasteiger charge is 2.43. The van der Waals surface area contributed by atoms with Gasteiger partial charge in [0.25, 0.3) is 0 Å². The molecule has 5 atom stereocenters. The second-order valence-electron chi connectivity index (χ2n) is 7.09. The van der Waals surface area contributed by atoms with Crippen LogP contribution in [-0.2, 0) is 4.74 Å². The van der Waals surface area contributed by atoms with E-state index in [1.165, 1.54) is 12.2 Å². The van der Waals surface area contributed by atoms with Crippen molar-refractivity contribution >= 4 is 11.8 Å². The maximum Gasteiger partial charge on any atom is 0.132 e. The van der Waals surface area contributed by atoms with Gasteiger partial charge in [0, 0.05) is 18.3 Å². The summed E-state index contributed by atoms with van der Waals surface area (Å²) in [6.45, 7) is 3.03. The van der Waals surface area contributed by atoms with Gasteiger partial charge in [0.15, 0.2) is 0 Å². The molecule has 2 saturated heterocycles. The summed E-state index contributed by atoms with van der Waals surface area (Å²) in [6, 6.07) is 4.05. The highest BCUT2D eigenvalue weighted by atomic mass is 32.2. The predicted molar refractivity (Wildman–Crippen MR) is 83.5 cm³/mol. The number of aliphatic hydroxyl groups excluding tert-OH is 1. The molecule has 1 aromatic rings. The van der Waals surface area contributed by atoms with E-state index in [2.05, 4.69) is 13.0 Å². The Morgan fingerprint density at radius 2 is 2.29 bits per heavy atom. The van der Waals surface area contributed by atoms with Gasteiger partial charge in [-0.3, -0.25) is 0 Å². The molecule has 0 bridgehead atoms. The molecular formula is C17H24O3S. The lowest BCUT2D eigenvalue weighted by Crippen LogP contribution is -2.41. The van der Waals surface area contributed by atoms with E-state index >= 15 is 0 Å². The van der Waals surface area contributed by atoms with Crippen LogP contribution >= 0.6 is 11.8 Å². The molecule has 3 heterocycles. The fraction of sp³-hybridized carbons (Fsp3) is 0.765. The van der Waals surface area contributed by atoms with Crippen molar-refractivity contribution in [2.75, 3.05) is 18.1 Å². The normalized spacial score (nSPS) is 40.6. The number of furan rings is 1. The number of ether oxygens (including phenoxy) is 1. The van der Waals surface area contributed by atoms with Crippen molar-refractivity contribution in [3.63, 3.8) is 0 Å². The Hall–Kier alpha value is -0.450. The molecule has 116 valence electrons. The van der Waals surface area contributed by atoms with E-state index in [9.17, 15) is 5.11 Å². The largest absolute Gasteiger partial charge is 0.463 e. The minimum atomic E-state index is -0.473. The summed E-state index contributed by atoms with van der Waals surface area (Å²) in [5, 5.41) is 10.7. The lowest BCUT2D eigenvalue weighted by molar-refractivity contribution is -0.104. The summed E-state index contributed by atoms with van der Waals surface area (Å²) in [5.41, 5.74) is 0.0228. The van der Waals surface area contributed by atoms with Crippen LogP contribution in [0.2, 0.25) is 0 Å². The second kappa shape index (κ2) is 5.32. The molecule has 1 saturated carbocycles.